The Bertz CT molecular complexity index is 514. The van der Waals surface area contributed by atoms with Crippen LogP contribution in [0.5, 0.6) is 5.75 Å². The van der Waals surface area contributed by atoms with Crippen LogP contribution in [0.25, 0.3) is 0 Å². The van der Waals surface area contributed by atoms with Crippen LogP contribution in [-0.4, -0.2) is 48.5 Å². The molecule has 1 heterocycles. The zero-order chi connectivity index (χ0) is 14.9. The van der Waals surface area contributed by atoms with E-state index < -0.39 is 5.54 Å². The van der Waals surface area contributed by atoms with Gasteiger partial charge in [-0.3, -0.25) is 9.69 Å². The van der Waals surface area contributed by atoms with Gasteiger partial charge in [-0.1, -0.05) is 6.07 Å². The van der Waals surface area contributed by atoms with E-state index in [1.165, 1.54) is 0 Å². The van der Waals surface area contributed by atoms with Crippen LogP contribution in [0, 0.1) is 0 Å². The van der Waals surface area contributed by atoms with Crippen LogP contribution in [-0.2, 0) is 11.3 Å². The molecule has 5 heteroatoms. The molecule has 2 rings (SSSR count). The highest BCUT2D eigenvalue weighted by Crippen LogP contribution is 2.28. The van der Waals surface area contributed by atoms with Gasteiger partial charge in [0.2, 0.25) is 5.91 Å². The molecule has 1 fully saturated rings. The number of anilines is 1. The number of piperazine rings is 1. The van der Waals surface area contributed by atoms with Crippen molar-refractivity contribution >= 4 is 11.6 Å². The smallest absolute Gasteiger partial charge is 0.242 e. The summed E-state index contributed by atoms with van der Waals surface area (Å²) in [6, 6.07) is 5.65. The molecule has 0 spiro atoms. The van der Waals surface area contributed by atoms with E-state index in [1.54, 1.807) is 12.0 Å². The van der Waals surface area contributed by atoms with E-state index in [0.29, 0.717) is 12.2 Å². The third kappa shape index (κ3) is 2.58. The standard InChI is InChI=1S/C15H23N3O2/c1-15(2)14(19)17(3)7-8-18(15)10-11-5-6-12(16)9-13(11)20-4/h5-6,9H,7-8,10,16H2,1-4H3. The molecule has 0 unspecified atom stereocenters. The van der Waals surface area contributed by atoms with Crippen LogP contribution in [0.1, 0.15) is 19.4 Å². The van der Waals surface area contributed by atoms with Gasteiger partial charge in [-0.2, -0.15) is 0 Å². The summed E-state index contributed by atoms with van der Waals surface area (Å²) in [7, 11) is 3.49. The number of amides is 1. The molecule has 110 valence electrons. The molecule has 0 atom stereocenters. The topological polar surface area (TPSA) is 58.8 Å². The number of nitrogens with two attached hydrogens (primary N) is 1. The van der Waals surface area contributed by atoms with Crippen LogP contribution < -0.4 is 10.5 Å². The molecule has 1 amide bonds. The van der Waals surface area contributed by atoms with E-state index >= 15 is 0 Å². The molecule has 0 aromatic heterocycles. The maximum absolute atomic E-state index is 12.3. The molecule has 0 radical (unpaired) electrons. The fourth-order valence-corrected chi connectivity index (χ4v) is 2.63. The predicted molar refractivity (Wildman–Crippen MR) is 79.5 cm³/mol. The fraction of sp³-hybridized carbons (Fsp3) is 0.533. The number of carbonyl (C=O) groups is 1. The highest BCUT2D eigenvalue weighted by Gasteiger charge is 2.40. The third-order valence-corrected chi connectivity index (χ3v) is 4.04. The lowest BCUT2D eigenvalue weighted by atomic mass is 9.96. The lowest BCUT2D eigenvalue weighted by molar-refractivity contribution is -0.147. The summed E-state index contributed by atoms with van der Waals surface area (Å²) in [4.78, 5) is 16.3. The van der Waals surface area contributed by atoms with Crippen molar-refractivity contribution in [3.8, 4) is 5.75 Å². The number of nitrogen functional groups attached to an aromatic ring is 1. The second-order valence-electron chi connectivity index (χ2n) is 5.78. The largest absolute Gasteiger partial charge is 0.496 e. The molecule has 1 aliphatic heterocycles. The van der Waals surface area contributed by atoms with Crippen LogP contribution >= 0.6 is 0 Å². The van der Waals surface area contributed by atoms with Gasteiger partial charge in [0.1, 0.15) is 5.75 Å². The van der Waals surface area contributed by atoms with Crippen molar-refractivity contribution < 1.29 is 9.53 Å². The molecular weight excluding hydrogens is 254 g/mol. The van der Waals surface area contributed by atoms with Gasteiger partial charge in [0.25, 0.3) is 0 Å². The number of ether oxygens (including phenoxy) is 1. The second-order valence-corrected chi connectivity index (χ2v) is 5.78. The van der Waals surface area contributed by atoms with Crippen molar-refractivity contribution in [2.24, 2.45) is 0 Å². The number of hydrogen-bond acceptors (Lipinski definition) is 4. The summed E-state index contributed by atoms with van der Waals surface area (Å²) >= 11 is 0. The summed E-state index contributed by atoms with van der Waals surface area (Å²) in [6.07, 6.45) is 0. The molecule has 1 aromatic carbocycles. The van der Waals surface area contributed by atoms with Gasteiger partial charge in [-0.15, -0.1) is 0 Å². The van der Waals surface area contributed by atoms with Gasteiger partial charge >= 0.3 is 0 Å². The monoisotopic (exact) mass is 277 g/mol. The van der Waals surface area contributed by atoms with Gasteiger partial charge in [-0.05, 0) is 19.9 Å². The summed E-state index contributed by atoms with van der Waals surface area (Å²) in [6.45, 7) is 6.21. The molecule has 1 aromatic rings. The molecule has 20 heavy (non-hydrogen) atoms. The minimum atomic E-state index is -0.501. The SMILES string of the molecule is COc1cc(N)ccc1CN1CCN(C)C(=O)C1(C)C. The van der Waals surface area contributed by atoms with Crippen molar-refractivity contribution in [2.45, 2.75) is 25.9 Å². The summed E-state index contributed by atoms with van der Waals surface area (Å²) in [5.74, 6) is 0.922. The van der Waals surface area contributed by atoms with Crippen molar-refractivity contribution in [2.75, 3.05) is 33.0 Å². The van der Waals surface area contributed by atoms with E-state index in [0.717, 1.165) is 24.4 Å². The minimum absolute atomic E-state index is 0.151. The van der Waals surface area contributed by atoms with Crippen LogP contribution in [0.2, 0.25) is 0 Å². The number of hydrogen-bond donors (Lipinski definition) is 1. The van der Waals surface area contributed by atoms with Gasteiger partial charge in [0.05, 0.1) is 12.6 Å². The number of rotatable bonds is 3. The normalized spacial score (nSPS) is 19.2. The van der Waals surface area contributed by atoms with Crippen molar-refractivity contribution in [3.05, 3.63) is 23.8 Å². The third-order valence-electron chi connectivity index (χ3n) is 4.04. The molecule has 0 aliphatic carbocycles. The zero-order valence-corrected chi connectivity index (χ0v) is 12.6. The Morgan fingerprint density at radius 2 is 2.05 bits per heavy atom. The number of methoxy groups -OCH3 is 1. The lowest BCUT2D eigenvalue weighted by Crippen LogP contribution is -2.61. The molecule has 0 bridgehead atoms. The number of carbonyl (C=O) groups excluding carboxylic acids is 1. The van der Waals surface area contributed by atoms with E-state index in [2.05, 4.69) is 4.90 Å². The summed E-state index contributed by atoms with van der Waals surface area (Å²) < 4.78 is 5.38. The van der Waals surface area contributed by atoms with Crippen LogP contribution in [0.3, 0.4) is 0 Å². The van der Waals surface area contributed by atoms with Gasteiger partial charge in [-0.25, -0.2) is 0 Å². The Morgan fingerprint density at radius 3 is 2.70 bits per heavy atom. The molecule has 1 aliphatic rings. The molecule has 5 nitrogen and oxygen atoms in total. The summed E-state index contributed by atoms with van der Waals surface area (Å²) in [5.41, 5.74) is 7.00. The number of likely N-dealkylation sites (N-methyl/N-ethyl adjacent to an activating group) is 1. The number of nitrogens with zero attached hydrogens (tertiary/aromatic N) is 2. The summed E-state index contributed by atoms with van der Waals surface area (Å²) in [5, 5.41) is 0. The average Bonchev–Trinajstić information content (AvgIpc) is 2.41. The second kappa shape index (κ2) is 5.32. The van der Waals surface area contributed by atoms with Crippen LogP contribution in [0.4, 0.5) is 5.69 Å². The highest BCUT2D eigenvalue weighted by molar-refractivity contribution is 5.86. The Balaban J connectivity index is 2.24. The first-order valence-corrected chi connectivity index (χ1v) is 6.79. The molecule has 2 N–H and O–H groups in total. The van der Waals surface area contributed by atoms with Crippen molar-refractivity contribution in [1.82, 2.24) is 9.80 Å². The van der Waals surface area contributed by atoms with E-state index in [4.69, 9.17) is 10.5 Å². The van der Waals surface area contributed by atoms with Gasteiger partial charge in [0, 0.05) is 44.0 Å². The maximum Gasteiger partial charge on any atom is 0.242 e. The average molecular weight is 277 g/mol. The number of benzene rings is 1. The fourth-order valence-electron chi connectivity index (χ4n) is 2.63. The lowest BCUT2D eigenvalue weighted by Gasteiger charge is -2.44. The van der Waals surface area contributed by atoms with Gasteiger partial charge < -0.3 is 15.4 Å². The first kappa shape index (κ1) is 14.7. The first-order chi connectivity index (χ1) is 9.36. The van der Waals surface area contributed by atoms with E-state index in [1.807, 2.05) is 39.1 Å². The zero-order valence-electron chi connectivity index (χ0n) is 12.6. The van der Waals surface area contributed by atoms with Gasteiger partial charge in [0.15, 0.2) is 0 Å². The maximum atomic E-state index is 12.3. The highest BCUT2D eigenvalue weighted by atomic mass is 16.5. The Labute approximate surface area is 120 Å². The van der Waals surface area contributed by atoms with Crippen molar-refractivity contribution in [1.29, 1.82) is 0 Å². The van der Waals surface area contributed by atoms with E-state index in [9.17, 15) is 4.79 Å². The Hall–Kier alpha value is -1.75. The quantitative estimate of drug-likeness (QED) is 0.847. The molecule has 1 saturated heterocycles. The molecule has 0 saturated carbocycles. The molecular formula is C15H23N3O2. The first-order valence-electron chi connectivity index (χ1n) is 6.79. The minimum Gasteiger partial charge on any atom is -0.496 e. The Morgan fingerprint density at radius 1 is 1.35 bits per heavy atom. The predicted octanol–water partition coefficient (Wildman–Crippen LogP) is 1.33. The van der Waals surface area contributed by atoms with E-state index in [-0.39, 0.29) is 5.91 Å². The Kier molecular flexibility index (Phi) is 3.90. The van der Waals surface area contributed by atoms with Crippen LogP contribution in [0.15, 0.2) is 18.2 Å². The van der Waals surface area contributed by atoms with Crippen molar-refractivity contribution in [3.63, 3.8) is 0 Å².